The summed E-state index contributed by atoms with van der Waals surface area (Å²) < 4.78 is 0. The van der Waals surface area contributed by atoms with Crippen molar-refractivity contribution in [1.82, 2.24) is 0 Å². The van der Waals surface area contributed by atoms with E-state index in [0.717, 1.165) is 12.8 Å². The summed E-state index contributed by atoms with van der Waals surface area (Å²) in [5, 5.41) is 9.15. The van der Waals surface area contributed by atoms with E-state index in [4.69, 9.17) is 5.11 Å². The molecule has 1 aliphatic carbocycles. The molecule has 0 saturated heterocycles. The fourth-order valence-corrected chi connectivity index (χ4v) is 2.08. The maximum Gasteiger partial charge on any atom is 0.309 e. The Morgan fingerprint density at radius 3 is 2.27 bits per heavy atom. The summed E-state index contributed by atoms with van der Waals surface area (Å²) in [5.74, 6) is -0.634. The van der Waals surface area contributed by atoms with Crippen LogP contribution in [0.1, 0.15) is 29.5 Å². The molecule has 0 radical (unpaired) electrons. The van der Waals surface area contributed by atoms with Crippen molar-refractivity contribution >= 4 is 5.97 Å². The van der Waals surface area contributed by atoms with Gasteiger partial charge in [0.15, 0.2) is 0 Å². The normalized spacial score (nSPS) is 17.5. The van der Waals surface area contributed by atoms with Crippen LogP contribution in [0.2, 0.25) is 0 Å². The Morgan fingerprint density at radius 2 is 1.87 bits per heavy atom. The second kappa shape index (κ2) is 3.37. The minimum Gasteiger partial charge on any atom is -0.481 e. The van der Waals surface area contributed by atoms with Crippen LogP contribution in [0.5, 0.6) is 0 Å². The molecule has 2 nitrogen and oxygen atoms in total. The lowest BCUT2D eigenvalue weighted by atomic mass is 9.91. The Bertz CT molecular complexity index is 383. The van der Waals surface area contributed by atoms with Crippen LogP contribution in [-0.2, 0) is 11.2 Å². The lowest BCUT2D eigenvalue weighted by Gasteiger charge is -2.14. The molecule has 0 unspecified atom stereocenters. The van der Waals surface area contributed by atoms with Gasteiger partial charge in [-0.3, -0.25) is 4.79 Å². The predicted molar refractivity (Wildman–Crippen MR) is 58.9 cm³/mol. The highest BCUT2D eigenvalue weighted by atomic mass is 16.4. The van der Waals surface area contributed by atoms with Crippen LogP contribution < -0.4 is 0 Å². The Balaban J connectivity index is 2.29. The van der Waals surface area contributed by atoms with E-state index in [1.54, 1.807) is 0 Å². The zero-order valence-corrected chi connectivity index (χ0v) is 9.21. The maximum absolute atomic E-state index is 11.1. The Kier molecular flexibility index (Phi) is 2.29. The minimum atomic E-state index is -0.634. The van der Waals surface area contributed by atoms with E-state index < -0.39 is 11.4 Å². The van der Waals surface area contributed by atoms with Crippen molar-refractivity contribution in [3.05, 3.63) is 34.9 Å². The predicted octanol–water partition coefficient (Wildman–Crippen LogP) is 2.71. The van der Waals surface area contributed by atoms with Crippen molar-refractivity contribution in [3.63, 3.8) is 0 Å². The summed E-state index contributed by atoms with van der Waals surface area (Å²) in [5.41, 5.74) is 3.19. The molecule has 2 rings (SSSR count). The van der Waals surface area contributed by atoms with Crippen molar-refractivity contribution in [2.45, 2.75) is 33.1 Å². The molecule has 1 aromatic rings. The first-order valence-corrected chi connectivity index (χ1v) is 5.34. The molecule has 80 valence electrons. The average molecular weight is 204 g/mol. The molecular weight excluding hydrogens is 188 g/mol. The summed E-state index contributed by atoms with van der Waals surface area (Å²) in [4.78, 5) is 11.1. The zero-order chi connectivity index (χ0) is 11.1. The first-order valence-electron chi connectivity index (χ1n) is 5.34. The van der Waals surface area contributed by atoms with Gasteiger partial charge in [-0.2, -0.15) is 0 Å². The SMILES string of the molecule is Cc1cccc(C)c1CC1(C(=O)O)CC1. The molecule has 1 saturated carbocycles. The van der Waals surface area contributed by atoms with Gasteiger partial charge in [-0.25, -0.2) is 0 Å². The molecule has 0 atom stereocenters. The fourth-order valence-electron chi connectivity index (χ4n) is 2.08. The van der Waals surface area contributed by atoms with Gasteiger partial charge in [0.1, 0.15) is 0 Å². The number of aryl methyl sites for hydroxylation is 2. The van der Waals surface area contributed by atoms with Crippen molar-refractivity contribution < 1.29 is 9.90 Å². The molecule has 0 aromatic heterocycles. The van der Waals surface area contributed by atoms with Crippen LogP contribution in [0.25, 0.3) is 0 Å². The van der Waals surface area contributed by atoms with Crippen LogP contribution in [0.15, 0.2) is 18.2 Å². The molecule has 0 amide bonds. The smallest absolute Gasteiger partial charge is 0.309 e. The molecule has 15 heavy (non-hydrogen) atoms. The quantitative estimate of drug-likeness (QED) is 0.822. The highest BCUT2D eigenvalue weighted by Gasteiger charge is 2.50. The van der Waals surface area contributed by atoms with Crippen LogP contribution in [0, 0.1) is 19.3 Å². The second-order valence-electron chi connectivity index (χ2n) is 4.63. The molecule has 0 bridgehead atoms. The van der Waals surface area contributed by atoms with Crippen LogP contribution in [0.4, 0.5) is 0 Å². The molecule has 0 spiro atoms. The first-order chi connectivity index (χ1) is 7.05. The second-order valence-corrected chi connectivity index (χ2v) is 4.63. The highest BCUT2D eigenvalue weighted by molar-refractivity contribution is 5.78. The van der Waals surface area contributed by atoms with Gasteiger partial charge >= 0.3 is 5.97 Å². The maximum atomic E-state index is 11.1. The van der Waals surface area contributed by atoms with Gasteiger partial charge in [-0.1, -0.05) is 18.2 Å². The van der Waals surface area contributed by atoms with Gasteiger partial charge in [0.2, 0.25) is 0 Å². The molecule has 0 aliphatic heterocycles. The van der Waals surface area contributed by atoms with E-state index in [1.807, 2.05) is 6.07 Å². The summed E-state index contributed by atoms with van der Waals surface area (Å²) in [6, 6.07) is 6.13. The van der Waals surface area contributed by atoms with E-state index >= 15 is 0 Å². The number of carboxylic acid groups (broad SMARTS) is 1. The van der Waals surface area contributed by atoms with E-state index in [-0.39, 0.29) is 0 Å². The standard InChI is InChI=1S/C13H16O2/c1-9-4-3-5-10(2)11(9)8-13(6-7-13)12(14)15/h3-5H,6-8H2,1-2H3,(H,14,15). The molecular formula is C13H16O2. The number of aliphatic carboxylic acids is 1. The number of rotatable bonds is 3. The van der Waals surface area contributed by atoms with Crippen molar-refractivity contribution in [2.24, 2.45) is 5.41 Å². The van der Waals surface area contributed by atoms with Gasteiger partial charge in [0.05, 0.1) is 5.41 Å². The third-order valence-electron chi connectivity index (χ3n) is 3.47. The molecule has 1 aliphatic rings. The summed E-state index contributed by atoms with van der Waals surface area (Å²) in [6.07, 6.45) is 2.35. The highest BCUT2D eigenvalue weighted by Crippen LogP contribution is 2.49. The van der Waals surface area contributed by atoms with Gasteiger partial charge in [0, 0.05) is 0 Å². The van der Waals surface area contributed by atoms with Crippen molar-refractivity contribution in [3.8, 4) is 0 Å². The van der Waals surface area contributed by atoms with Gasteiger partial charge < -0.3 is 5.11 Å². The minimum absolute atomic E-state index is 0.448. The Hall–Kier alpha value is -1.31. The summed E-state index contributed by atoms with van der Waals surface area (Å²) in [7, 11) is 0. The van der Waals surface area contributed by atoms with Gasteiger partial charge in [0.25, 0.3) is 0 Å². The van der Waals surface area contributed by atoms with Gasteiger partial charge in [-0.05, 0) is 49.8 Å². The number of hydrogen-bond acceptors (Lipinski definition) is 1. The molecule has 1 fully saturated rings. The number of carbonyl (C=O) groups is 1. The van der Waals surface area contributed by atoms with Crippen molar-refractivity contribution in [2.75, 3.05) is 0 Å². The number of benzene rings is 1. The average Bonchev–Trinajstić information content (AvgIpc) is 2.93. The number of carboxylic acids is 1. The van der Waals surface area contributed by atoms with Gasteiger partial charge in [-0.15, -0.1) is 0 Å². The lowest BCUT2D eigenvalue weighted by molar-refractivity contribution is -0.143. The molecule has 1 N–H and O–H groups in total. The van der Waals surface area contributed by atoms with Crippen molar-refractivity contribution in [1.29, 1.82) is 0 Å². The Morgan fingerprint density at radius 1 is 1.33 bits per heavy atom. The van der Waals surface area contributed by atoms with E-state index in [9.17, 15) is 4.79 Å². The Labute approximate surface area is 89.9 Å². The third-order valence-corrected chi connectivity index (χ3v) is 3.47. The van der Waals surface area contributed by atoms with Crippen LogP contribution in [0.3, 0.4) is 0 Å². The number of hydrogen-bond donors (Lipinski definition) is 1. The zero-order valence-electron chi connectivity index (χ0n) is 9.21. The first kappa shape index (κ1) is 10.2. The topological polar surface area (TPSA) is 37.3 Å². The van der Waals surface area contributed by atoms with Crippen LogP contribution >= 0.6 is 0 Å². The summed E-state index contributed by atoms with van der Waals surface area (Å²) in [6.45, 7) is 4.11. The van der Waals surface area contributed by atoms with E-state index in [1.165, 1.54) is 16.7 Å². The monoisotopic (exact) mass is 204 g/mol. The lowest BCUT2D eigenvalue weighted by Crippen LogP contribution is -2.18. The third kappa shape index (κ3) is 1.76. The fraction of sp³-hybridized carbons (Fsp3) is 0.462. The summed E-state index contributed by atoms with van der Waals surface area (Å²) >= 11 is 0. The largest absolute Gasteiger partial charge is 0.481 e. The molecule has 2 heteroatoms. The molecule has 0 heterocycles. The molecule has 1 aromatic carbocycles. The van der Waals surface area contributed by atoms with Crippen LogP contribution in [-0.4, -0.2) is 11.1 Å². The van der Waals surface area contributed by atoms with E-state index in [0.29, 0.717) is 6.42 Å². The van der Waals surface area contributed by atoms with E-state index in [2.05, 4.69) is 26.0 Å².